The van der Waals surface area contributed by atoms with Crippen molar-refractivity contribution in [3.63, 3.8) is 0 Å². The zero-order chi connectivity index (χ0) is 11.4. The molecule has 0 aromatic rings. The van der Waals surface area contributed by atoms with Gasteiger partial charge in [0.15, 0.2) is 0 Å². The first-order chi connectivity index (χ1) is 7.75. The third-order valence-corrected chi connectivity index (χ3v) is 3.57. The number of hydrogen-bond acceptors (Lipinski definition) is 4. The predicted molar refractivity (Wildman–Crippen MR) is 68.6 cm³/mol. The number of hydrogen-bond donors (Lipinski definition) is 1. The van der Waals surface area contributed by atoms with Gasteiger partial charge >= 0.3 is 0 Å². The van der Waals surface area contributed by atoms with Crippen molar-refractivity contribution < 1.29 is 4.74 Å². The van der Waals surface area contributed by atoms with Gasteiger partial charge in [0, 0.05) is 45.4 Å². The molecule has 2 rings (SSSR count). The fourth-order valence-corrected chi connectivity index (χ4v) is 2.70. The van der Waals surface area contributed by atoms with Gasteiger partial charge in [-0.15, -0.1) is 0 Å². The fraction of sp³-hybridized carbons (Fsp3) is 0.909. The van der Waals surface area contributed by atoms with Crippen LogP contribution in [-0.2, 0) is 4.74 Å². The minimum Gasteiger partial charge on any atom is -0.392 e. The van der Waals surface area contributed by atoms with E-state index in [0.29, 0.717) is 11.0 Å². The molecule has 0 radical (unpaired) electrons. The van der Waals surface area contributed by atoms with E-state index in [1.165, 1.54) is 12.8 Å². The standard InChI is InChI=1S/C11H21N3OS/c12-11(16)8-13-3-5-14(6-4-13)10-2-1-7-15-9-10/h10H,1-9H2,(H2,12,16). The molecule has 5 heteroatoms. The highest BCUT2D eigenvalue weighted by atomic mass is 32.1. The molecule has 16 heavy (non-hydrogen) atoms. The Morgan fingerprint density at radius 1 is 1.31 bits per heavy atom. The lowest BCUT2D eigenvalue weighted by atomic mass is 10.1. The first-order valence-electron chi connectivity index (χ1n) is 6.08. The topological polar surface area (TPSA) is 41.7 Å². The highest BCUT2D eigenvalue weighted by Crippen LogP contribution is 2.15. The molecule has 92 valence electrons. The van der Waals surface area contributed by atoms with Gasteiger partial charge in [-0.25, -0.2) is 0 Å². The number of nitrogens with zero attached hydrogens (tertiary/aromatic N) is 2. The Balaban J connectivity index is 1.73. The molecule has 0 aliphatic carbocycles. The van der Waals surface area contributed by atoms with Crippen LogP contribution in [0, 0.1) is 0 Å². The summed E-state index contributed by atoms with van der Waals surface area (Å²) in [6, 6.07) is 0.640. The highest BCUT2D eigenvalue weighted by Gasteiger charge is 2.25. The first kappa shape index (κ1) is 12.2. The van der Waals surface area contributed by atoms with E-state index < -0.39 is 0 Å². The van der Waals surface area contributed by atoms with Gasteiger partial charge in [0.1, 0.15) is 0 Å². The van der Waals surface area contributed by atoms with Crippen molar-refractivity contribution in [2.75, 3.05) is 45.9 Å². The zero-order valence-electron chi connectivity index (χ0n) is 9.73. The van der Waals surface area contributed by atoms with Crippen LogP contribution in [0.2, 0.25) is 0 Å². The fourth-order valence-electron chi connectivity index (χ4n) is 2.52. The minimum atomic E-state index is 0.606. The molecule has 1 unspecified atom stereocenters. The largest absolute Gasteiger partial charge is 0.392 e. The van der Waals surface area contributed by atoms with Crippen LogP contribution in [0.4, 0.5) is 0 Å². The van der Waals surface area contributed by atoms with E-state index in [9.17, 15) is 0 Å². The third-order valence-electron chi connectivity index (χ3n) is 3.44. The summed E-state index contributed by atoms with van der Waals surface area (Å²) in [5.74, 6) is 0. The van der Waals surface area contributed by atoms with Crippen LogP contribution in [0.1, 0.15) is 12.8 Å². The molecular formula is C11H21N3OS. The Morgan fingerprint density at radius 2 is 2.06 bits per heavy atom. The molecule has 2 saturated heterocycles. The molecule has 0 amide bonds. The predicted octanol–water partition coefficient (Wildman–Crippen LogP) is 0.0691. The molecular weight excluding hydrogens is 222 g/mol. The van der Waals surface area contributed by atoms with Crippen molar-refractivity contribution in [2.45, 2.75) is 18.9 Å². The molecule has 2 aliphatic rings. The summed E-state index contributed by atoms with van der Waals surface area (Å²) in [4.78, 5) is 5.49. The summed E-state index contributed by atoms with van der Waals surface area (Å²) in [6.07, 6.45) is 2.49. The van der Waals surface area contributed by atoms with Crippen molar-refractivity contribution in [3.05, 3.63) is 0 Å². The van der Waals surface area contributed by atoms with Crippen LogP contribution in [0.3, 0.4) is 0 Å². The summed E-state index contributed by atoms with van der Waals surface area (Å²) < 4.78 is 5.53. The number of piperazine rings is 1. The second kappa shape index (κ2) is 5.91. The Labute approximate surface area is 103 Å². The summed E-state index contributed by atoms with van der Waals surface area (Å²) in [7, 11) is 0. The summed E-state index contributed by atoms with van der Waals surface area (Å²) in [5, 5.41) is 0. The Kier molecular flexibility index (Phi) is 4.52. The average molecular weight is 243 g/mol. The Bertz CT molecular complexity index is 235. The van der Waals surface area contributed by atoms with Crippen LogP contribution in [0.5, 0.6) is 0 Å². The summed E-state index contributed by atoms with van der Waals surface area (Å²) in [5.41, 5.74) is 5.56. The van der Waals surface area contributed by atoms with E-state index in [2.05, 4.69) is 9.80 Å². The summed E-state index contributed by atoms with van der Waals surface area (Å²) in [6.45, 7) is 7.02. The number of nitrogens with two attached hydrogens (primary N) is 1. The normalized spacial score (nSPS) is 29.1. The maximum absolute atomic E-state index is 5.56. The SMILES string of the molecule is NC(=S)CN1CCN(C2CCCOC2)CC1. The number of rotatable bonds is 3. The molecule has 1 atom stereocenters. The second-order valence-corrected chi connectivity index (χ2v) is 5.17. The molecule has 2 fully saturated rings. The van der Waals surface area contributed by atoms with Crippen molar-refractivity contribution >= 4 is 17.2 Å². The quantitative estimate of drug-likeness (QED) is 0.711. The number of ether oxygens (including phenoxy) is 1. The van der Waals surface area contributed by atoms with E-state index in [-0.39, 0.29) is 0 Å². The summed E-state index contributed by atoms with van der Waals surface area (Å²) >= 11 is 4.93. The van der Waals surface area contributed by atoms with Crippen LogP contribution < -0.4 is 5.73 Å². The van der Waals surface area contributed by atoms with Crippen LogP contribution in [0.15, 0.2) is 0 Å². The van der Waals surface area contributed by atoms with Crippen molar-refractivity contribution in [2.24, 2.45) is 5.73 Å². The molecule has 0 spiro atoms. The molecule has 0 saturated carbocycles. The smallest absolute Gasteiger partial charge is 0.0870 e. The Hall–Kier alpha value is -0.230. The van der Waals surface area contributed by atoms with E-state index in [1.807, 2.05) is 0 Å². The van der Waals surface area contributed by atoms with Crippen LogP contribution in [0.25, 0.3) is 0 Å². The van der Waals surface area contributed by atoms with Crippen LogP contribution in [-0.4, -0.2) is 66.8 Å². The molecule has 2 aliphatic heterocycles. The molecule has 0 aromatic heterocycles. The van der Waals surface area contributed by atoms with Gasteiger partial charge in [-0.1, -0.05) is 12.2 Å². The monoisotopic (exact) mass is 243 g/mol. The molecule has 2 N–H and O–H groups in total. The lowest BCUT2D eigenvalue weighted by Gasteiger charge is -2.40. The van der Waals surface area contributed by atoms with Gasteiger partial charge in [0.05, 0.1) is 11.6 Å². The van der Waals surface area contributed by atoms with Gasteiger partial charge < -0.3 is 10.5 Å². The van der Waals surface area contributed by atoms with Gasteiger partial charge in [-0.3, -0.25) is 9.80 Å². The highest BCUT2D eigenvalue weighted by molar-refractivity contribution is 7.80. The van der Waals surface area contributed by atoms with E-state index in [1.54, 1.807) is 0 Å². The van der Waals surface area contributed by atoms with Gasteiger partial charge in [0.2, 0.25) is 0 Å². The van der Waals surface area contributed by atoms with Crippen molar-refractivity contribution in [1.82, 2.24) is 9.80 Å². The first-order valence-corrected chi connectivity index (χ1v) is 6.49. The van der Waals surface area contributed by atoms with Crippen molar-refractivity contribution in [1.29, 1.82) is 0 Å². The third kappa shape index (κ3) is 3.38. The maximum Gasteiger partial charge on any atom is 0.0870 e. The average Bonchev–Trinajstić information content (AvgIpc) is 2.30. The van der Waals surface area contributed by atoms with Gasteiger partial charge in [-0.2, -0.15) is 0 Å². The second-order valence-electron chi connectivity index (χ2n) is 4.65. The van der Waals surface area contributed by atoms with Gasteiger partial charge in [0.25, 0.3) is 0 Å². The van der Waals surface area contributed by atoms with Crippen LogP contribution >= 0.6 is 12.2 Å². The van der Waals surface area contributed by atoms with E-state index >= 15 is 0 Å². The molecule has 4 nitrogen and oxygen atoms in total. The van der Waals surface area contributed by atoms with E-state index in [4.69, 9.17) is 22.7 Å². The lowest BCUT2D eigenvalue weighted by molar-refractivity contribution is 0.000384. The van der Waals surface area contributed by atoms with E-state index in [0.717, 1.165) is 45.9 Å². The lowest BCUT2D eigenvalue weighted by Crippen LogP contribution is -2.53. The maximum atomic E-state index is 5.56. The van der Waals surface area contributed by atoms with Gasteiger partial charge in [-0.05, 0) is 12.8 Å². The molecule has 2 heterocycles. The minimum absolute atomic E-state index is 0.606. The molecule has 0 bridgehead atoms. The Morgan fingerprint density at radius 3 is 2.62 bits per heavy atom. The zero-order valence-corrected chi connectivity index (χ0v) is 10.5. The molecule has 0 aromatic carbocycles. The van der Waals surface area contributed by atoms with Crippen molar-refractivity contribution in [3.8, 4) is 0 Å². The number of thiocarbonyl (C=S) groups is 1.